The fraction of sp³-hybridized carbons (Fsp3) is 0.462. The SMILES string of the molecule is COCCOCCS(=O)(=O)N[C@H](C(=O)O)c1ccccc1. The highest BCUT2D eigenvalue weighted by atomic mass is 32.2. The van der Waals surface area contributed by atoms with Crippen LogP contribution in [-0.2, 0) is 24.3 Å². The molecule has 0 bridgehead atoms. The third-order valence-corrected chi connectivity index (χ3v) is 3.90. The van der Waals surface area contributed by atoms with E-state index >= 15 is 0 Å². The van der Waals surface area contributed by atoms with Crippen LogP contribution < -0.4 is 4.72 Å². The summed E-state index contributed by atoms with van der Waals surface area (Å²) >= 11 is 0. The van der Waals surface area contributed by atoms with E-state index in [9.17, 15) is 13.2 Å². The van der Waals surface area contributed by atoms with Crippen LogP contribution in [0.1, 0.15) is 11.6 Å². The average Bonchev–Trinajstić information content (AvgIpc) is 2.45. The van der Waals surface area contributed by atoms with Gasteiger partial charge in [0.15, 0.2) is 0 Å². The Balaban J connectivity index is 2.60. The molecule has 0 aliphatic heterocycles. The van der Waals surface area contributed by atoms with Crippen LogP contribution in [0.15, 0.2) is 30.3 Å². The zero-order chi connectivity index (χ0) is 15.7. The fourth-order valence-corrected chi connectivity index (χ4v) is 2.61. The number of carbonyl (C=O) groups is 1. The predicted octanol–water partition coefficient (Wildman–Crippen LogP) is 0.395. The summed E-state index contributed by atoms with van der Waals surface area (Å²) in [5, 5.41) is 9.16. The highest BCUT2D eigenvalue weighted by Crippen LogP contribution is 2.14. The van der Waals surface area contributed by atoms with Gasteiger partial charge in [-0.1, -0.05) is 30.3 Å². The summed E-state index contributed by atoms with van der Waals surface area (Å²) in [5.74, 6) is -1.57. The largest absolute Gasteiger partial charge is 0.480 e. The van der Waals surface area contributed by atoms with Gasteiger partial charge in [-0.25, -0.2) is 8.42 Å². The summed E-state index contributed by atoms with van der Waals surface area (Å²) in [7, 11) is -2.24. The molecule has 8 heteroatoms. The lowest BCUT2D eigenvalue weighted by atomic mass is 10.1. The Hall–Kier alpha value is -1.48. The number of carboxylic acids is 1. The van der Waals surface area contributed by atoms with E-state index in [0.717, 1.165) is 0 Å². The van der Waals surface area contributed by atoms with E-state index < -0.39 is 22.0 Å². The highest BCUT2D eigenvalue weighted by Gasteiger charge is 2.25. The van der Waals surface area contributed by atoms with Gasteiger partial charge in [0.25, 0.3) is 0 Å². The molecule has 0 saturated carbocycles. The van der Waals surface area contributed by atoms with Crippen LogP contribution in [0, 0.1) is 0 Å². The van der Waals surface area contributed by atoms with Crippen LogP contribution in [0.3, 0.4) is 0 Å². The van der Waals surface area contributed by atoms with Gasteiger partial charge in [0.1, 0.15) is 6.04 Å². The molecule has 1 aromatic carbocycles. The Morgan fingerprint density at radius 2 is 1.90 bits per heavy atom. The lowest BCUT2D eigenvalue weighted by molar-refractivity contribution is -0.139. The topological polar surface area (TPSA) is 102 Å². The third kappa shape index (κ3) is 6.67. The summed E-state index contributed by atoms with van der Waals surface area (Å²) in [4.78, 5) is 11.2. The number of hydrogen-bond acceptors (Lipinski definition) is 5. The molecule has 1 aromatic rings. The van der Waals surface area contributed by atoms with Crippen LogP contribution >= 0.6 is 0 Å². The summed E-state index contributed by atoms with van der Waals surface area (Å²) in [5.41, 5.74) is 0.369. The maximum atomic E-state index is 11.9. The average molecular weight is 317 g/mol. The van der Waals surface area contributed by atoms with Crippen LogP contribution in [0.5, 0.6) is 0 Å². The van der Waals surface area contributed by atoms with E-state index in [0.29, 0.717) is 12.2 Å². The number of ether oxygens (including phenoxy) is 2. The van der Waals surface area contributed by atoms with Gasteiger partial charge in [0.2, 0.25) is 10.0 Å². The van der Waals surface area contributed by atoms with E-state index in [1.165, 1.54) is 7.11 Å². The van der Waals surface area contributed by atoms with Crippen molar-refractivity contribution in [3.63, 3.8) is 0 Å². The molecule has 0 radical (unpaired) electrons. The summed E-state index contributed by atoms with van der Waals surface area (Å²) in [6.45, 7) is 0.627. The summed E-state index contributed by atoms with van der Waals surface area (Å²) in [6, 6.07) is 6.81. The van der Waals surface area contributed by atoms with Crippen LogP contribution in [0.25, 0.3) is 0 Å². The monoisotopic (exact) mass is 317 g/mol. The second-order valence-corrected chi connectivity index (χ2v) is 6.10. The molecule has 1 atom stereocenters. The molecule has 118 valence electrons. The Labute approximate surface area is 123 Å². The maximum Gasteiger partial charge on any atom is 0.326 e. The molecule has 21 heavy (non-hydrogen) atoms. The molecule has 0 aliphatic rings. The molecule has 0 saturated heterocycles. The molecule has 0 spiro atoms. The maximum absolute atomic E-state index is 11.9. The van der Waals surface area contributed by atoms with Crippen molar-refractivity contribution in [3.8, 4) is 0 Å². The second-order valence-electron chi connectivity index (χ2n) is 4.22. The van der Waals surface area contributed by atoms with E-state index in [1.807, 2.05) is 0 Å². The molecule has 1 rings (SSSR count). The highest BCUT2D eigenvalue weighted by molar-refractivity contribution is 7.89. The zero-order valence-corrected chi connectivity index (χ0v) is 12.5. The van der Waals surface area contributed by atoms with Gasteiger partial charge in [-0.15, -0.1) is 0 Å². The zero-order valence-electron chi connectivity index (χ0n) is 11.7. The first-order chi connectivity index (χ1) is 9.96. The van der Waals surface area contributed by atoms with Crippen molar-refractivity contribution < 1.29 is 27.8 Å². The number of aliphatic carboxylic acids is 1. The van der Waals surface area contributed by atoms with Crippen molar-refractivity contribution in [2.75, 3.05) is 32.7 Å². The number of methoxy groups -OCH3 is 1. The molecule has 0 aromatic heterocycles. The van der Waals surface area contributed by atoms with Crippen LogP contribution in [0.2, 0.25) is 0 Å². The van der Waals surface area contributed by atoms with E-state index in [1.54, 1.807) is 30.3 Å². The molecule has 0 heterocycles. The quantitative estimate of drug-likeness (QED) is 0.606. The molecule has 2 N–H and O–H groups in total. The molecular formula is C13H19NO6S. The normalized spacial score (nSPS) is 13.0. The molecule has 0 unspecified atom stereocenters. The Bertz CT molecular complexity index is 531. The number of nitrogens with one attached hydrogen (secondary N) is 1. The van der Waals surface area contributed by atoms with Crippen molar-refractivity contribution in [2.24, 2.45) is 0 Å². The number of sulfonamides is 1. The fourth-order valence-electron chi connectivity index (χ4n) is 1.56. The van der Waals surface area contributed by atoms with Crippen molar-refractivity contribution in [1.29, 1.82) is 0 Å². The van der Waals surface area contributed by atoms with Gasteiger partial charge in [0, 0.05) is 7.11 Å². The van der Waals surface area contributed by atoms with Crippen LogP contribution in [-0.4, -0.2) is 52.2 Å². The smallest absolute Gasteiger partial charge is 0.326 e. The van der Waals surface area contributed by atoms with Gasteiger partial charge >= 0.3 is 5.97 Å². The van der Waals surface area contributed by atoms with Gasteiger partial charge in [-0.3, -0.25) is 4.79 Å². The van der Waals surface area contributed by atoms with E-state index in [4.69, 9.17) is 14.6 Å². The predicted molar refractivity (Wildman–Crippen MR) is 76.4 cm³/mol. The first kappa shape index (κ1) is 17.6. The summed E-state index contributed by atoms with van der Waals surface area (Å²) in [6.07, 6.45) is 0. The van der Waals surface area contributed by atoms with Crippen molar-refractivity contribution in [2.45, 2.75) is 6.04 Å². The Morgan fingerprint density at radius 3 is 2.48 bits per heavy atom. The molecule has 0 amide bonds. The number of rotatable bonds is 10. The van der Waals surface area contributed by atoms with Crippen molar-refractivity contribution >= 4 is 16.0 Å². The summed E-state index contributed by atoms with van der Waals surface area (Å²) < 4.78 is 35.7. The number of hydrogen-bond donors (Lipinski definition) is 2. The molecule has 7 nitrogen and oxygen atoms in total. The van der Waals surface area contributed by atoms with Gasteiger partial charge in [-0.2, -0.15) is 4.72 Å². The lowest BCUT2D eigenvalue weighted by Crippen LogP contribution is -2.36. The number of benzene rings is 1. The third-order valence-electron chi connectivity index (χ3n) is 2.61. The van der Waals surface area contributed by atoms with E-state index in [2.05, 4.69) is 4.72 Å². The van der Waals surface area contributed by atoms with Gasteiger partial charge in [-0.05, 0) is 5.56 Å². The molecule has 0 aliphatic carbocycles. The van der Waals surface area contributed by atoms with Crippen LogP contribution in [0.4, 0.5) is 0 Å². The standard InChI is InChI=1S/C13H19NO6S/c1-19-7-8-20-9-10-21(17,18)14-12(13(15)16)11-5-3-2-4-6-11/h2-6,12,14H,7-10H2,1H3,(H,15,16)/t12-/m0/s1. The minimum atomic E-state index is -3.76. The first-order valence-corrected chi connectivity index (χ1v) is 7.96. The minimum Gasteiger partial charge on any atom is -0.480 e. The lowest BCUT2D eigenvalue weighted by Gasteiger charge is -2.15. The van der Waals surface area contributed by atoms with Crippen molar-refractivity contribution in [3.05, 3.63) is 35.9 Å². The second kappa shape index (κ2) is 8.73. The van der Waals surface area contributed by atoms with Gasteiger partial charge in [0.05, 0.1) is 25.6 Å². The Morgan fingerprint density at radius 1 is 1.24 bits per heavy atom. The Kier molecular flexibility index (Phi) is 7.30. The first-order valence-electron chi connectivity index (χ1n) is 6.30. The molecular weight excluding hydrogens is 298 g/mol. The number of carboxylic acid groups (broad SMARTS) is 1. The molecule has 0 fully saturated rings. The minimum absolute atomic E-state index is 0.0280. The van der Waals surface area contributed by atoms with Crippen molar-refractivity contribution in [1.82, 2.24) is 4.72 Å². The van der Waals surface area contributed by atoms with E-state index in [-0.39, 0.29) is 19.0 Å². The van der Waals surface area contributed by atoms with Gasteiger partial charge < -0.3 is 14.6 Å².